The molecule has 0 aliphatic carbocycles. The van der Waals surface area contributed by atoms with Crippen LogP contribution in [0.3, 0.4) is 0 Å². The van der Waals surface area contributed by atoms with E-state index in [0.29, 0.717) is 10.8 Å². The van der Waals surface area contributed by atoms with Gasteiger partial charge in [0.05, 0.1) is 18.6 Å². The number of hydrogen-bond donors (Lipinski definition) is 1. The molecule has 1 N–H and O–H groups in total. The maximum absolute atomic E-state index is 12.2. The summed E-state index contributed by atoms with van der Waals surface area (Å²) >= 11 is 1.29. The lowest BCUT2D eigenvalue weighted by Crippen LogP contribution is -2.14. The molecular weight excluding hydrogens is 374 g/mol. The standard InChI is InChI=1S/C20H17N5O2S/c1-27-16-9-7-14(8-10-16)17-11-12-18-22-23-20(25(18)24-17)28-13-19(26)21-15-5-3-2-4-6-15/h2-12H,13H2,1H3,(H,21,26). The highest BCUT2D eigenvalue weighted by Gasteiger charge is 2.12. The SMILES string of the molecule is COc1ccc(-c2ccc3nnc(SCC(=O)Nc4ccccc4)n3n2)cc1. The minimum Gasteiger partial charge on any atom is -0.497 e. The van der Waals surface area contributed by atoms with E-state index >= 15 is 0 Å². The fraction of sp³-hybridized carbons (Fsp3) is 0.100. The summed E-state index contributed by atoms with van der Waals surface area (Å²) < 4.78 is 6.84. The predicted octanol–water partition coefficient (Wildman–Crippen LogP) is 3.53. The van der Waals surface area contributed by atoms with Gasteiger partial charge in [0.2, 0.25) is 11.1 Å². The summed E-state index contributed by atoms with van der Waals surface area (Å²) in [6.45, 7) is 0. The van der Waals surface area contributed by atoms with Gasteiger partial charge in [0.1, 0.15) is 5.75 Å². The van der Waals surface area contributed by atoms with Crippen molar-refractivity contribution in [3.8, 4) is 17.0 Å². The van der Waals surface area contributed by atoms with E-state index in [4.69, 9.17) is 4.74 Å². The second-order valence-electron chi connectivity index (χ2n) is 5.90. The molecule has 0 saturated heterocycles. The van der Waals surface area contributed by atoms with Crippen molar-refractivity contribution in [3.05, 3.63) is 66.7 Å². The number of fused-ring (bicyclic) bond motifs is 1. The average molecular weight is 391 g/mol. The van der Waals surface area contributed by atoms with Crippen molar-refractivity contribution in [3.63, 3.8) is 0 Å². The Morgan fingerprint density at radius 2 is 1.82 bits per heavy atom. The van der Waals surface area contributed by atoms with Crippen LogP contribution in [0.15, 0.2) is 71.9 Å². The van der Waals surface area contributed by atoms with Crippen molar-refractivity contribution in [1.29, 1.82) is 0 Å². The highest BCUT2D eigenvalue weighted by Crippen LogP contribution is 2.23. The molecule has 2 aromatic carbocycles. The van der Waals surface area contributed by atoms with E-state index in [0.717, 1.165) is 22.7 Å². The van der Waals surface area contributed by atoms with Crippen LogP contribution in [-0.4, -0.2) is 38.6 Å². The molecule has 0 radical (unpaired) electrons. The van der Waals surface area contributed by atoms with Gasteiger partial charge < -0.3 is 10.1 Å². The first-order chi connectivity index (χ1) is 13.7. The van der Waals surface area contributed by atoms with E-state index in [1.165, 1.54) is 11.8 Å². The van der Waals surface area contributed by atoms with E-state index in [2.05, 4.69) is 20.6 Å². The zero-order valence-corrected chi connectivity index (χ0v) is 15.9. The lowest BCUT2D eigenvalue weighted by atomic mass is 10.1. The van der Waals surface area contributed by atoms with Gasteiger partial charge in [-0.05, 0) is 48.5 Å². The Labute approximate surface area is 165 Å². The number of anilines is 1. The number of rotatable bonds is 6. The summed E-state index contributed by atoms with van der Waals surface area (Å²) in [6.07, 6.45) is 0. The van der Waals surface area contributed by atoms with Gasteiger partial charge in [-0.1, -0.05) is 30.0 Å². The summed E-state index contributed by atoms with van der Waals surface area (Å²) in [5.41, 5.74) is 3.13. The number of nitrogens with one attached hydrogen (secondary N) is 1. The number of carbonyl (C=O) groups is 1. The Kier molecular flexibility index (Phi) is 5.20. The van der Waals surface area contributed by atoms with Gasteiger partial charge in [-0.2, -0.15) is 9.61 Å². The van der Waals surface area contributed by atoms with Crippen LogP contribution in [-0.2, 0) is 4.79 Å². The number of methoxy groups -OCH3 is 1. The van der Waals surface area contributed by atoms with Crippen molar-refractivity contribution in [2.75, 3.05) is 18.2 Å². The van der Waals surface area contributed by atoms with Crippen LogP contribution in [0.5, 0.6) is 5.75 Å². The molecule has 8 heteroatoms. The molecule has 0 bridgehead atoms. The molecule has 2 aromatic heterocycles. The average Bonchev–Trinajstić information content (AvgIpc) is 3.15. The van der Waals surface area contributed by atoms with E-state index in [1.807, 2.05) is 66.7 Å². The summed E-state index contributed by atoms with van der Waals surface area (Å²) in [7, 11) is 1.63. The number of benzene rings is 2. The smallest absolute Gasteiger partial charge is 0.234 e. The first kappa shape index (κ1) is 18.0. The molecule has 2 heterocycles. The van der Waals surface area contributed by atoms with Gasteiger partial charge >= 0.3 is 0 Å². The Morgan fingerprint density at radius 3 is 2.57 bits per heavy atom. The number of amides is 1. The van der Waals surface area contributed by atoms with Crippen molar-refractivity contribution in [2.24, 2.45) is 0 Å². The van der Waals surface area contributed by atoms with Gasteiger partial charge in [0, 0.05) is 11.3 Å². The summed E-state index contributed by atoms with van der Waals surface area (Å²) in [4.78, 5) is 12.2. The zero-order valence-electron chi connectivity index (χ0n) is 15.1. The minimum absolute atomic E-state index is 0.112. The third kappa shape index (κ3) is 3.96. The first-order valence-corrected chi connectivity index (χ1v) is 9.56. The largest absolute Gasteiger partial charge is 0.497 e. The van der Waals surface area contributed by atoms with Gasteiger partial charge in [-0.15, -0.1) is 10.2 Å². The second-order valence-corrected chi connectivity index (χ2v) is 6.85. The summed E-state index contributed by atoms with van der Waals surface area (Å²) in [6, 6.07) is 20.7. The van der Waals surface area contributed by atoms with E-state index in [9.17, 15) is 4.79 Å². The van der Waals surface area contributed by atoms with Crippen LogP contribution in [0, 0.1) is 0 Å². The Hall–Kier alpha value is -3.39. The number of ether oxygens (including phenoxy) is 1. The Bertz CT molecular complexity index is 1100. The molecule has 0 unspecified atom stereocenters. The normalized spacial score (nSPS) is 10.8. The number of hydrogen-bond acceptors (Lipinski definition) is 6. The fourth-order valence-electron chi connectivity index (χ4n) is 2.62. The maximum Gasteiger partial charge on any atom is 0.234 e. The molecule has 7 nitrogen and oxygen atoms in total. The van der Waals surface area contributed by atoms with Crippen molar-refractivity contribution in [2.45, 2.75) is 5.16 Å². The molecule has 0 aliphatic rings. The topological polar surface area (TPSA) is 81.4 Å². The fourth-order valence-corrected chi connectivity index (χ4v) is 3.31. The van der Waals surface area contributed by atoms with Crippen LogP contribution >= 0.6 is 11.8 Å². The van der Waals surface area contributed by atoms with Crippen molar-refractivity contribution in [1.82, 2.24) is 19.8 Å². The van der Waals surface area contributed by atoms with Crippen LogP contribution in [0.1, 0.15) is 0 Å². The van der Waals surface area contributed by atoms with Gasteiger partial charge in [0.25, 0.3) is 0 Å². The highest BCUT2D eigenvalue weighted by molar-refractivity contribution is 7.99. The van der Waals surface area contributed by atoms with E-state index < -0.39 is 0 Å². The maximum atomic E-state index is 12.2. The molecule has 4 rings (SSSR count). The first-order valence-electron chi connectivity index (χ1n) is 8.57. The van der Waals surface area contributed by atoms with Crippen molar-refractivity contribution < 1.29 is 9.53 Å². The number of carbonyl (C=O) groups excluding carboxylic acids is 1. The molecule has 0 spiro atoms. The highest BCUT2D eigenvalue weighted by atomic mass is 32.2. The van der Waals surface area contributed by atoms with Crippen LogP contribution < -0.4 is 10.1 Å². The molecule has 0 saturated carbocycles. The number of thioether (sulfide) groups is 1. The van der Waals surface area contributed by atoms with E-state index in [1.54, 1.807) is 11.6 Å². The Balaban J connectivity index is 1.50. The number of aromatic nitrogens is 4. The summed E-state index contributed by atoms with van der Waals surface area (Å²) in [5.74, 6) is 0.887. The monoisotopic (exact) mass is 391 g/mol. The number of para-hydroxylation sites is 1. The molecule has 0 fully saturated rings. The molecule has 0 atom stereocenters. The van der Waals surface area contributed by atoms with Crippen LogP contribution in [0.25, 0.3) is 16.9 Å². The molecule has 4 aromatic rings. The third-order valence-electron chi connectivity index (χ3n) is 4.01. The summed E-state index contributed by atoms with van der Waals surface area (Å²) in [5, 5.41) is 16.3. The second kappa shape index (κ2) is 8.10. The zero-order chi connectivity index (χ0) is 19.3. The lowest BCUT2D eigenvalue weighted by molar-refractivity contribution is -0.113. The van der Waals surface area contributed by atoms with Gasteiger partial charge in [-0.3, -0.25) is 4.79 Å². The molecule has 28 heavy (non-hydrogen) atoms. The minimum atomic E-state index is -0.112. The number of nitrogens with zero attached hydrogens (tertiary/aromatic N) is 4. The molecule has 0 aliphatic heterocycles. The molecule has 1 amide bonds. The van der Waals surface area contributed by atoms with Gasteiger partial charge in [0.15, 0.2) is 5.65 Å². The van der Waals surface area contributed by atoms with Crippen LogP contribution in [0.2, 0.25) is 0 Å². The van der Waals surface area contributed by atoms with Gasteiger partial charge in [-0.25, -0.2) is 0 Å². The Morgan fingerprint density at radius 1 is 1.04 bits per heavy atom. The molecule has 140 valence electrons. The van der Waals surface area contributed by atoms with Crippen LogP contribution in [0.4, 0.5) is 5.69 Å². The third-order valence-corrected chi connectivity index (χ3v) is 4.93. The quantitative estimate of drug-likeness (QED) is 0.507. The predicted molar refractivity (Wildman–Crippen MR) is 109 cm³/mol. The van der Waals surface area contributed by atoms with E-state index in [-0.39, 0.29) is 11.7 Å². The lowest BCUT2D eigenvalue weighted by Gasteiger charge is -2.05. The molecular formula is C20H17N5O2S. The van der Waals surface area contributed by atoms with Crippen molar-refractivity contribution >= 4 is 29.0 Å².